The van der Waals surface area contributed by atoms with Gasteiger partial charge in [-0.3, -0.25) is 0 Å². The number of phenolic OH excluding ortho intramolecular Hbond substituents is 2. The SMILES string of the molecule is CO[P+](OC)(OC)C(c1ccccc1)(c1ccc(O)cc1)c1ccc(O)cc1. The molecule has 146 valence electrons. The van der Waals surface area contributed by atoms with Gasteiger partial charge in [0, 0.05) is 16.7 Å². The number of rotatable bonds is 7. The van der Waals surface area contributed by atoms with E-state index in [0.717, 1.165) is 16.7 Å². The van der Waals surface area contributed by atoms with Crippen molar-refractivity contribution in [2.75, 3.05) is 21.3 Å². The summed E-state index contributed by atoms with van der Waals surface area (Å²) in [6.45, 7) is 0. The van der Waals surface area contributed by atoms with Crippen molar-refractivity contribution >= 4 is 7.94 Å². The summed E-state index contributed by atoms with van der Waals surface area (Å²) in [4.78, 5) is 0. The van der Waals surface area contributed by atoms with Gasteiger partial charge in [-0.05, 0) is 24.3 Å². The molecule has 0 aromatic heterocycles. The van der Waals surface area contributed by atoms with Crippen molar-refractivity contribution in [3.05, 3.63) is 95.6 Å². The summed E-state index contributed by atoms with van der Waals surface area (Å²) >= 11 is 0. The molecule has 0 amide bonds. The number of phenols is 2. The molecule has 0 fully saturated rings. The Balaban J connectivity index is 2.48. The lowest BCUT2D eigenvalue weighted by Gasteiger charge is -2.38. The maximum Gasteiger partial charge on any atom is 0.431 e. The quantitative estimate of drug-likeness (QED) is 0.428. The van der Waals surface area contributed by atoms with E-state index in [0.29, 0.717) is 0 Å². The van der Waals surface area contributed by atoms with Crippen LogP contribution in [0, 0.1) is 0 Å². The van der Waals surface area contributed by atoms with Gasteiger partial charge in [0.05, 0.1) is 21.3 Å². The van der Waals surface area contributed by atoms with Crippen LogP contribution in [0.15, 0.2) is 78.9 Å². The maximum atomic E-state index is 9.86. The van der Waals surface area contributed by atoms with E-state index in [9.17, 15) is 10.2 Å². The van der Waals surface area contributed by atoms with Crippen molar-refractivity contribution < 1.29 is 23.8 Å². The molecule has 5 nitrogen and oxygen atoms in total. The average Bonchev–Trinajstić information content (AvgIpc) is 2.75. The lowest BCUT2D eigenvalue weighted by molar-refractivity contribution is 0.194. The van der Waals surface area contributed by atoms with Gasteiger partial charge in [-0.15, -0.1) is 0 Å². The van der Waals surface area contributed by atoms with Crippen LogP contribution in [-0.2, 0) is 18.7 Å². The smallest absolute Gasteiger partial charge is 0.431 e. The van der Waals surface area contributed by atoms with Gasteiger partial charge in [0.1, 0.15) is 11.5 Å². The first-order valence-electron chi connectivity index (χ1n) is 8.75. The van der Waals surface area contributed by atoms with E-state index >= 15 is 0 Å². The average molecular weight is 399 g/mol. The molecule has 3 aromatic rings. The molecule has 0 aliphatic carbocycles. The summed E-state index contributed by atoms with van der Waals surface area (Å²) < 4.78 is 17.9. The monoisotopic (exact) mass is 399 g/mol. The molecule has 0 aliphatic rings. The summed E-state index contributed by atoms with van der Waals surface area (Å²) in [5.41, 5.74) is 2.58. The van der Waals surface area contributed by atoms with Crippen LogP contribution in [0.3, 0.4) is 0 Å². The molecule has 6 heteroatoms. The molecular weight excluding hydrogens is 375 g/mol. The fourth-order valence-corrected chi connectivity index (χ4v) is 6.36. The minimum atomic E-state index is -3.04. The predicted molar refractivity (Wildman–Crippen MR) is 110 cm³/mol. The zero-order valence-electron chi connectivity index (χ0n) is 16.1. The fourth-order valence-electron chi connectivity index (χ4n) is 3.69. The highest BCUT2D eigenvalue weighted by Gasteiger charge is 2.67. The van der Waals surface area contributed by atoms with Crippen LogP contribution in [0.4, 0.5) is 0 Å². The molecule has 0 saturated carbocycles. The Morgan fingerprint density at radius 1 is 0.571 bits per heavy atom. The van der Waals surface area contributed by atoms with E-state index in [4.69, 9.17) is 13.6 Å². The Bertz CT molecular complexity index is 837. The van der Waals surface area contributed by atoms with Gasteiger partial charge >= 0.3 is 7.94 Å². The molecule has 0 atom stereocenters. The molecule has 0 radical (unpaired) electrons. The molecule has 28 heavy (non-hydrogen) atoms. The highest BCUT2D eigenvalue weighted by Crippen LogP contribution is 2.78. The molecule has 2 N–H and O–H groups in total. The fraction of sp³-hybridized carbons (Fsp3) is 0.182. The summed E-state index contributed by atoms with van der Waals surface area (Å²) in [5, 5.41) is 18.8. The molecule has 0 spiro atoms. The third kappa shape index (κ3) is 3.17. The van der Waals surface area contributed by atoms with Gasteiger partial charge in [-0.1, -0.05) is 54.6 Å². The number of hydrogen-bond acceptors (Lipinski definition) is 5. The van der Waals surface area contributed by atoms with Crippen LogP contribution < -0.4 is 0 Å². The molecule has 0 saturated heterocycles. The lowest BCUT2D eigenvalue weighted by atomic mass is 9.84. The molecule has 3 rings (SSSR count). The Hall–Kier alpha value is -2.43. The standard InChI is InChI=1S/C22H23O5P/c1-25-28(26-2,27-3)22(17-7-5-4-6-8-17,18-9-13-20(23)14-10-18)19-11-15-21(24)16-12-19/h4-16H,1-3H3,(H-,23,24)/p+1. The van der Waals surface area contributed by atoms with Crippen molar-refractivity contribution in [2.45, 2.75) is 5.16 Å². The van der Waals surface area contributed by atoms with Gasteiger partial charge < -0.3 is 10.2 Å². The van der Waals surface area contributed by atoms with Crippen molar-refractivity contribution in [3.8, 4) is 11.5 Å². The van der Waals surface area contributed by atoms with E-state index in [-0.39, 0.29) is 11.5 Å². The van der Waals surface area contributed by atoms with Crippen LogP contribution in [0.25, 0.3) is 0 Å². The van der Waals surface area contributed by atoms with E-state index < -0.39 is 13.1 Å². The van der Waals surface area contributed by atoms with Crippen LogP contribution in [0.5, 0.6) is 11.5 Å². The van der Waals surface area contributed by atoms with Gasteiger partial charge in [-0.2, -0.15) is 13.6 Å². The number of hydrogen-bond donors (Lipinski definition) is 2. The Labute approximate surface area is 165 Å². The van der Waals surface area contributed by atoms with Crippen LogP contribution >= 0.6 is 7.94 Å². The van der Waals surface area contributed by atoms with Crippen molar-refractivity contribution in [2.24, 2.45) is 0 Å². The summed E-state index contributed by atoms with van der Waals surface area (Å²) in [7, 11) is 1.67. The molecule has 3 aromatic carbocycles. The zero-order valence-corrected chi connectivity index (χ0v) is 17.0. The Kier molecular flexibility index (Phi) is 6.01. The number of benzene rings is 3. The second-order valence-corrected chi connectivity index (χ2v) is 8.98. The molecule has 0 heterocycles. The zero-order chi connectivity index (χ0) is 20.2. The van der Waals surface area contributed by atoms with E-state index in [2.05, 4.69) is 0 Å². The molecule has 0 bridgehead atoms. The van der Waals surface area contributed by atoms with Crippen molar-refractivity contribution in [1.29, 1.82) is 0 Å². The second kappa shape index (κ2) is 8.29. The van der Waals surface area contributed by atoms with Crippen molar-refractivity contribution in [3.63, 3.8) is 0 Å². The van der Waals surface area contributed by atoms with Gasteiger partial charge in [0.15, 0.2) is 0 Å². The molecular formula is C22H24O5P+. The highest BCUT2D eigenvalue weighted by atomic mass is 31.2. The first-order chi connectivity index (χ1) is 13.5. The van der Waals surface area contributed by atoms with Crippen LogP contribution in [0.1, 0.15) is 16.7 Å². The largest absolute Gasteiger partial charge is 0.508 e. The van der Waals surface area contributed by atoms with Crippen LogP contribution in [0.2, 0.25) is 0 Å². The molecule has 0 unspecified atom stereocenters. The first-order valence-corrected chi connectivity index (χ1v) is 10.3. The first kappa shape index (κ1) is 20.3. The molecule has 0 aliphatic heterocycles. The Morgan fingerprint density at radius 2 is 0.929 bits per heavy atom. The predicted octanol–water partition coefficient (Wildman–Crippen LogP) is 5.09. The summed E-state index contributed by atoms with van der Waals surface area (Å²) in [6.07, 6.45) is 0. The van der Waals surface area contributed by atoms with E-state index in [1.165, 1.54) is 0 Å². The van der Waals surface area contributed by atoms with Gasteiger partial charge in [0.2, 0.25) is 5.16 Å². The third-order valence-corrected chi connectivity index (χ3v) is 7.93. The van der Waals surface area contributed by atoms with Crippen molar-refractivity contribution in [1.82, 2.24) is 0 Å². The van der Waals surface area contributed by atoms with Crippen LogP contribution in [-0.4, -0.2) is 31.5 Å². The normalized spacial score (nSPS) is 12.1. The minimum Gasteiger partial charge on any atom is -0.508 e. The number of aromatic hydroxyl groups is 2. The topological polar surface area (TPSA) is 68.2 Å². The summed E-state index contributed by atoms with van der Waals surface area (Å²) in [5.74, 6) is 0.320. The third-order valence-electron chi connectivity index (χ3n) is 4.89. The van der Waals surface area contributed by atoms with Gasteiger partial charge in [0.25, 0.3) is 0 Å². The highest BCUT2D eigenvalue weighted by molar-refractivity contribution is 7.63. The van der Waals surface area contributed by atoms with E-state index in [1.807, 2.05) is 54.6 Å². The maximum absolute atomic E-state index is 9.86. The van der Waals surface area contributed by atoms with Gasteiger partial charge in [-0.25, -0.2) is 0 Å². The lowest BCUT2D eigenvalue weighted by Crippen LogP contribution is -2.35. The Morgan fingerprint density at radius 3 is 1.29 bits per heavy atom. The second-order valence-electron chi connectivity index (χ2n) is 6.22. The summed E-state index contributed by atoms with van der Waals surface area (Å²) in [6, 6.07) is 23.7. The minimum absolute atomic E-state index is 0.160. The van der Waals surface area contributed by atoms with E-state index in [1.54, 1.807) is 45.6 Å².